The number of aromatic nitrogens is 3. The molecular weight excluding hydrogens is 394 g/mol. The van der Waals surface area contributed by atoms with Crippen molar-refractivity contribution >= 4 is 28.5 Å². The van der Waals surface area contributed by atoms with Gasteiger partial charge in [0.15, 0.2) is 12.3 Å². The second-order valence-corrected chi connectivity index (χ2v) is 8.18. The van der Waals surface area contributed by atoms with Crippen molar-refractivity contribution in [2.75, 3.05) is 18.5 Å². The van der Waals surface area contributed by atoms with Gasteiger partial charge in [-0.15, -0.1) is 5.10 Å². The van der Waals surface area contributed by atoms with Crippen LogP contribution in [-0.2, 0) is 11.8 Å². The molecule has 0 atom stereocenters. The molecule has 0 saturated heterocycles. The lowest BCUT2D eigenvalue weighted by Gasteiger charge is -2.12. The SMILES string of the molecule is Cc1cc(C)c2c(OCC(=O)Nc3ccc(C(=O)NCC(C)C)cc3C)nn(C)c2n1. The number of nitrogens with one attached hydrogen (secondary N) is 2. The molecule has 0 bridgehead atoms. The van der Waals surface area contributed by atoms with E-state index in [9.17, 15) is 9.59 Å². The van der Waals surface area contributed by atoms with Crippen LogP contribution in [0.3, 0.4) is 0 Å². The van der Waals surface area contributed by atoms with E-state index in [1.807, 2.05) is 40.7 Å². The average Bonchev–Trinajstić information content (AvgIpc) is 3.01. The first-order valence-corrected chi connectivity index (χ1v) is 10.3. The molecular formula is C23H29N5O3. The van der Waals surface area contributed by atoms with Crippen LogP contribution < -0.4 is 15.4 Å². The highest BCUT2D eigenvalue weighted by Crippen LogP contribution is 2.27. The van der Waals surface area contributed by atoms with Gasteiger partial charge < -0.3 is 15.4 Å². The van der Waals surface area contributed by atoms with Crippen LogP contribution in [0.2, 0.25) is 0 Å². The van der Waals surface area contributed by atoms with Crippen molar-refractivity contribution in [1.29, 1.82) is 0 Å². The summed E-state index contributed by atoms with van der Waals surface area (Å²) >= 11 is 0. The summed E-state index contributed by atoms with van der Waals surface area (Å²) in [6.07, 6.45) is 0. The minimum absolute atomic E-state index is 0.126. The number of hydrogen-bond donors (Lipinski definition) is 2. The van der Waals surface area contributed by atoms with Gasteiger partial charge in [0.25, 0.3) is 11.8 Å². The van der Waals surface area contributed by atoms with Crippen LogP contribution in [0.15, 0.2) is 24.3 Å². The smallest absolute Gasteiger partial charge is 0.262 e. The number of amides is 2. The maximum Gasteiger partial charge on any atom is 0.262 e. The number of hydrogen-bond acceptors (Lipinski definition) is 5. The topological polar surface area (TPSA) is 98.1 Å². The second-order valence-electron chi connectivity index (χ2n) is 8.18. The van der Waals surface area contributed by atoms with Gasteiger partial charge in [0.05, 0.1) is 5.39 Å². The Hall–Kier alpha value is -3.42. The van der Waals surface area contributed by atoms with Gasteiger partial charge in [-0.25, -0.2) is 9.67 Å². The van der Waals surface area contributed by atoms with Gasteiger partial charge in [-0.1, -0.05) is 13.8 Å². The highest BCUT2D eigenvalue weighted by atomic mass is 16.5. The maximum atomic E-state index is 12.5. The summed E-state index contributed by atoms with van der Waals surface area (Å²) in [5, 5.41) is 10.9. The number of rotatable bonds is 7. The minimum Gasteiger partial charge on any atom is -0.466 e. The molecule has 0 aliphatic rings. The molecule has 3 aromatic rings. The van der Waals surface area contributed by atoms with Crippen LogP contribution in [0.25, 0.3) is 11.0 Å². The Labute approximate surface area is 182 Å². The van der Waals surface area contributed by atoms with Gasteiger partial charge in [0.1, 0.15) is 0 Å². The number of pyridine rings is 1. The molecule has 8 nitrogen and oxygen atoms in total. The summed E-state index contributed by atoms with van der Waals surface area (Å²) < 4.78 is 7.35. The quantitative estimate of drug-likeness (QED) is 0.608. The first-order chi connectivity index (χ1) is 14.7. The molecule has 0 spiro atoms. The van der Waals surface area contributed by atoms with E-state index in [1.165, 1.54) is 0 Å². The zero-order valence-corrected chi connectivity index (χ0v) is 18.9. The Morgan fingerprint density at radius 3 is 2.55 bits per heavy atom. The summed E-state index contributed by atoms with van der Waals surface area (Å²) in [5.41, 5.74) is 4.60. The van der Waals surface area contributed by atoms with E-state index in [1.54, 1.807) is 29.9 Å². The van der Waals surface area contributed by atoms with Gasteiger partial charge in [0, 0.05) is 30.5 Å². The van der Waals surface area contributed by atoms with E-state index in [0.717, 1.165) is 27.9 Å². The molecule has 0 aliphatic carbocycles. The summed E-state index contributed by atoms with van der Waals surface area (Å²) in [6.45, 7) is 10.2. The third-order valence-electron chi connectivity index (χ3n) is 4.86. The third-order valence-corrected chi connectivity index (χ3v) is 4.86. The Morgan fingerprint density at radius 2 is 1.87 bits per heavy atom. The molecule has 0 saturated carbocycles. The van der Waals surface area contributed by atoms with Gasteiger partial charge in [-0.2, -0.15) is 0 Å². The van der Waals surface area contributed by atoms with Gasteiger partial charge in [-0.05, 0) is 62.1 Å². The summed E-state index contributed by atoms with van der Waals surface area (Å²) in [5.74, 6) is 0.325. The maximum absolute atomic E-state index is 12.5. The zero-order valence-electron chi connectivity index (χ0n) is 18.9. The van der Waals surface area contributed by atoms with E-state index in [2.05, 4.69) is 20.7 Å². The van der Waals surface area contributed by atoms with Crippen molar-refractivity contribution in [1.82, 2.24) is 20.1 Å². The van der Waals surface area contributed by atoms with Crippen molar-refractivity contribution in [2.24, 2.45) is 13.0 Å². The van der Waals surface area contributed by atoms with Crippen LogP contribution in [0.1, 0.15) is 41.0 Å². The summed E-state index contributed by atoms with van der Waals surface area (Å²) in [7, 11) is 1.80. The normalized spacial score (nSPS) is 11.1. The van der Waals surface area contributed by atoms with Crippen LogP contribution >= 0.6 is 0 Å². The van der Waals surface area contributed by atoms with Gasteiger partial charge in [0.2, 0.25) is 5.88 Å². The van der Waals surface area contributed by atoms with E-state index in [4.69, 9.17) is 4.74 Å². The molecule has 0 unspecified atom stereocenters. The predicted octanol–water partition coefficient (Wildman–Crippen LogP) is 3.30. The lowest BCUT2D eigenvalue weighted by atomic mass is 10.1. The minimum atomic E-state index is -0.309. The molecule has 2 amide bonds. The van der Waals surface area contributed by atoms with Crippen molar-refractivity contribution in [3.63, 3.8) is 0 Å². The number of nitrogens with zero attached hydrogens (tertiary/aromatic N) is 3. The molecule has 164 valence electrons. The van der Waals surface area contributed by atoms with Gasteiger partial charge >= 0.3 is 0 Å². The fourth-order valence-electron chi connectivity index (χ4n) is 3.31. The number of carbonyl (C=O) groups excluding carboxylic acids is 2. The molecule has 3 rings (SSSR count). The summed E-state index contributed by atoms with van der Waals surface area (Å²) in [4.78, 5) is 29.2. The van der Waals surface area contributed by atoms with E-state index < -0.39 is 0 Å². The molecule has 0 fully saturated rings. The number of carbonyl (C=O) groups is 2. The second kappa shape index (κ2) is 9.16. The van der Waals surface area contributed by atoms with E-state index in [0.29, 0.717) is 29.6 Å². The molecule has 2 heterocycles. The number of anilines is 1. The summed E-state index contributed by atoms with van der Waals surface area (Å²) in [6, 6.07) is 7.14. The van der Waals surface area contributed by atoms with Crippen molar-refractivity contribution in [2.45, 2.75) is 34.6 Å². The first kappa shape index (κ1) is 22.3. The molecule has 0 aliphatic heterocycles. The fourth-order valence-corrected chi connectivity index (χ4v) is 3.31. The number of fused-ring (bicyclic) bond motifs is 1. The lowest BCUT2D eigenvalue weighted by Crippen LogP contribution is -2.27. The first-order valence-electron chi connectivity index (χ1n) is 10.3. The van der Waals surface area contributed by atoms with Crippen molar-refractivity contribution in [3.8, 4) is 5.88 Å². The van der Waals surface area contributed by atoms with Gasteiger partial charge in [-0.3, -0.25) is 9.59 Å². The monoisotopic (exact) mass is 423 g/mol. The molecule has 2 aromatic heterocycles. The standard InChI is InChI=1S/C23H29N5O3/c1-13(2)11-24-22(30)17-7-8-18(14(3)10-17)26-19(29)12-31-23-20-15(4)9-16(5)25-21(20)28(6)27-23/h7-10,13H,11-12H2,1-6H3,(H,24,30)(H,26,29). The lowest BCUT2D eigenvalue weighted by molar-refractivity contribution is -0.118. The molecule has 2 N–H and O–H groups in total. The Kier molecular flexibility index (Phi) is 6.58. The third kappa shape index (κ3) is 5.20. The van der Waals surface area contributed by atoms with Crippen LogP contribution in [-0.4, -0.2) is 39.7 Å². The highest BCUT2D eigenvalue weighted by Gasteiger charge is 2.16. The number of benzene rings is 1. The number of ether oxygens (including phenoxy) is 1. The average molecular weight is 424 g/mol. The fraction of sp³-hybridized carbons (Fsp3) is 0.391. The van der Waals surface area contributed by atoms with Crippen molar-refractivity contribution in [3.05, 3.63) is 46.6 Å². The highest BCUT2D eigenvalue weighted by molar-refractivity contribution is 5.97. The van der Waals surface area contributed by atoms with Crippen molar-refractivity contribution < 1.29 is 14.3 Å². The zero-order chi connectivity index (χ0) is 22.7. The molecule has 0 radical (unpaired) electrons. The van der Waals surface area contributed by atoms with E-state index in [-0.39, 0.29) is 18.4 Å². The Balaban J connectivity index is 1.65. The van der Waals surface area contributed by atoms with Crippen LogP contribution in [0.4, 0.5) is 5.69 Å². The van der Waals surface area contributed by atoms with Crippen LogP contribution in [0, 0.1) is 26.7 Å². The van der Waals surface area contributed by atoms with E-state index >= 15 is 0 Å². The number of aryl methyl sites for hydroxylation is 4. The molecule has 1 aromatic carbocycles. The molecule has 8 heteroatoms. The van der Waals surface area contributed by atoms with Crippen LogP contribution in [0.5, 0.6) is 5.88 Å². The predicted molar refractivity (Wildman–Crippen MR) is 120 cm³/mol. The largest absolute Gasteiger partial charge is 0.466 e. The Morgan fingerprint density at radius 1 is 1.13 bits per heavy atom. The molecule has 31 heavy (non-hydrogen) atoms. The Bertz CT molecular complexity index is 1130.